The number of nitrogens with zero attached hydrogens (tertiary/aromatic N) is 1. The second-order valence-corrected chi connectivity index (χ2v) is 4.25. The van der Waals surface area contributed by atoms with Crippen molar-refractivity contribution in [2.24, 2.45) is 5.92 Å². The van der Waals surface area contributed by atoms with E-state index < -0.39 is 5.97 Å². The molecule has 0 unspecified atom stereocenters. The number of carboxylic acid groups (broad SMARTS) is 1. The Bertz CT molecular complexity index is 419. The summed E-state index contributed by atoms with van der Waals surface area (Å²) >= 11 is 0. The molecule has 90 valence electrons. The van der Waals surface area contributed by atoms with Gasteiger partial charge in [0, 0.05) is 24.0 Å². The first-order chi connectivity index (χ1) is 8.16. The lowest BCUT2D eigenvalue weighted by atomic mass is 10.1. The molecule has 0 saturated heterocycles. The van der Waals surface area contributed by atoms with Gasteiger partial charge in [0.05, 0.1) is 5.92 Å². The van der Waals surface area contributed by atoms with E-state index in [4.69, 9.17) is 5.11 Å². The van der Waals surface area contributed by atoms with Crippen LogP contribution in [0.1, 0.15) is 29.6 Å². The molecule has 0 bridgehead atoms. The molecule has 2 N–H and O–H groups in total. The van der Waals surface area contributed by atoms with Crippen molar-refractivity contribution in [1.82, 2.24) is 10.3 Å². The molecule has 1 saturated carbocycles. The zero-order chi connectivity index (χ0) is 12.3. The molecule has 1 amide bonds. The maximum absolute atomic E-state index is 11.8. The van der Waals surface area contributed by atoms with Crippen LogP contribution >= 0.6 is 0 Å². The molecule has 1 aliphatic rings. The summed E-state index contributed by atoms with van der Waals surface area (Å²) < 4.78 is 0. The van der Waals surface area contributed by atoms with Crippen LogP contribution in [0.5, 0.6) is 0 Å². The Balaban J connectivity index is 1.91. The van der Waals surface area contributed by atoms with Gasteiger partial charge in [0.2, 0.25) is 0 Å². The molecule has 5 nitrogen and oxygen atoms in total. The predicted octanol–water partition coefficient (Wildman–Crippen LogP) is 1.06. The van der Waals surface area contributed by atoms with Crippen LogP contribution in [-0.4, -0.2) is 28.0 Å². The lowest BCUT2D eigenvalue weighted by Crippen LogP contribution is -2.33. The van der Waals surface area contributed by atoms with Gasteiger partial charge in [0.1, 0.15) is 0 Å². The minimum Gasteiger partial charge on any atom is -0.481 e. The van der Waals surface area contributed by atoms with Crippen molar-refractivity contribution >= 4 is 11.9 Å². The van der Waals surface area contributed by atoms with Crippen LogP contribution in [-0.2, 0) is 4.79 Å². The summed E-state index contributed by atoms with van der Waals surface area (Å²) in [5.74, 6) is -1.26. The predicted molar refractivity (Wildman–Crippen MR) is 60.5 cm³/mol. The average Bonchev–Trinajstić information content (AvgIpc) is 2.79. The number of aliphatic carboxylic acids is 1. The van der Waals surface area contributed by atoms with Gasteiger partial charge in [0.15, 0.2) is 0 Å². The number of rotatable bonds is 3. The molecule has 0 aliphatic heterocycles. The van der Waals surface area contributed by atoms with Crippen molar-refractivity contribution in [2.75, 3.05) is 0 Å². The van der Waals surface area contributed by atoms with Crippen LogP contribution in [0.4, 0.5) is 0 Å². The average molecular weight is 234 g/mol. The quantitative estimate of drug-likeness (QED) is 0.819. The molecule has 1 aromatic rings. The maximum atomic E-state index is 11.8. The van der Waals surface area contributed by atoms with Gasteiger partial charge >= 0.3 is 5.97 Å². The highest BCUT2D eigenvalue weighted by atomic mass is 16.4. The van der Waals surface area contributed by atoms with Gasteiger partial charge < -0.3 is 10.4 Å². The molecule has 0 spiro atoms. The van der Waals surface area contributed by atoms with Crippen molar-refractivity contribution in [3.63, 3.8) is 0 Å². The Labute approximate surface area is 98.9 Å². The second kappa shape index (κ2) is 4.95. The van der Waals surface area contributed by atoms with Crippen molar-refractivity contribution in [2.45, 2.75) is 25.3 Å². The van der Waals surface area contributed by atoms with Crippen molar-refractivity contribution < 1.29 is 14.7 Å². The molecule has 1 fully saturated rings. The van der Waals surface area contributed by atoms with Gasteiger partial charge in [-0.15, -0.1) is 0 Å². The van der Waals surface area contributed by atoms with E-state index in [-0.39, 0.29) is 17.9 Å². The first kappa shape index (κ1) is 11.6. The van der Waals surface area contributed by atoms with Gasteiger partial charge in [-0.2, -0.15) is 0 Å². The van der Waals surface area contributed by atoms with E-state index in [1.165, 1.54) is 0 Å². The van der Waals surface area contributed by atoms with Gasteiger partial charge in [-0.3, -0.25) is 14.6 Å². The molecule has 2 atom stereocenters. The largest absolute Gasteiger partial charge is 0.481 e. The SMILES string of the molecule is O=C(N[C@H]1CC[C@H](C(=O)O)C1)c1ccncc1. The minimum atomic E-state index is -0.773. The summed E-state index contributed by atoms with van der Waals surface area (Å²) in [5.41, 5.74) is 0.554. The number of aromatic nitrogens is 1. The summed E-state index contributed by atoms with van der Waals surface area (Å²) in [7, 11) is 0. The Kier molecular flexibility index (Phi) is 3.37. The second-order valence-electron chi connectivity index (χ2n) is 4.25. The van der Waals surface area contributed by atoms with Crippen molar-refractivity contribution in [3.05, 3.63) is 30.1 Å². The van der Waals surface area contributed by atoms with Gasteiger partial charge in [-0.25, -0.2) is 0 Å². The highest BCUT2D eigenvalue weighted by Gasteiger charge is 2.30. The van der Waals surface area contributed by atoms with E-state index in [1.807, 2.05) is 0 Å². The molecule has 5 heteroatoms. The molecule has 2 rings (SSSR count). The van der Waals surface area contributed by atoms with Crippen molar-refractivity contribution in [1.29, 1.82) is 0 Å². The number of hydrogen-bond acceptors (Lipinski definition) is 3. The van der Waals surface area contributed by atoms with Crippen LogP contribution < -0.4 is 5.32 Å². The first-order valence-corrected chi connectivity index (χ1v) is 5.60. The summed E-state index contributed by atoms with van der Waals surface area (Å²) in [5, 5.41) is 11.7. The van der Waals surface area contributed by atoms with E-state index >= 15 is 0 Å². The number of pyridine rings is 1. The highest BCUT2D eigenvalue weighted by Crippen LogP contribution is 2.25. The Hall–Kier alpha value is -1.91. The third kappa shape index (κ3) is 2.81. The standard InChI is InChI=1S/C12H14N2O3/c15-11(8-3-5-13-6-4-8)14-10-2-1-9(7-10)12(16)17/h3-6,9-10H,1-2,7H2,(H,14,15)(H,16,17)/t9-,10-/m0/s1. The Morgan fingerprint density at radius 1 is 1.29 bits per heavy atom. The van der Waals surface area contributed by atoms with Crippen LogP contribution in [0.2, 0.25) is 0 Å². The number of carbonyl (C=O) groups is 2. The van der Waals surface area contributed by atoms with Gasteiger partial charge in [-0.1, -0.05) is 0 Å². The van der Waals surface area contributed by atoms with E-state index in [2.05, 4.69) is 10.3 Å². The number of carboxylic acids is 1. The zero-order valence-corrected chi connectivity index (χ0v) is 9.30. The van der Waals surface area contributed by atoms with Crippen molar-refractivity contribution in [3.8, 4) is 0 Å². The lowest BCUT2D eigenvalue weighted by molar-refractivity contribution is -0.141. The minimum absolute atomic E-state index is 0.0308. The van der Waals surface area contributed by atoms with Crippen LogP contribution in [0.3, 0.4) is 0 Å². The molecule has 1 heterocycles. The summed E-state index contributed by atoms with van der Waals surface area (Å²) in [6.45, 7) is 0. The smallest absolute Gasteiger partial charge is 0.306 e. The Morgan fingerprint density at radius 2 is 2.00 bits per heavy atom. The van der Waals surface area contributed by atoms with E-state index in [0.29, 0.717) is 18.4 Å². The van der Waals surface area contributed by atoms with E-state index in [1.54, 1.807) is 24.5 Å². The van der Waals surface area contributed by atoms with Crippen LogP contribution in [0, 0.1) is 5.92 Å². The number of hydrogen-bond donors (Lipinski definition) is 2. The molecular weight excluding hydrogens is 220 g/mol. The topological polar surface area (TPSA) is 79.3 Å². The molecular formula is C12H14N2O3. The number of carbonyl (C=O) groups excluding carboxylic acids is 1. The third-order valence-electron chi connectivity index (χ3n) is 3.06. The monoisotopic (exact) mass is 234 g/mol. The molecule has 1 aliphatic carbocycles. The molecule has 0 radical (unpaired) electrons. The highest BCUT2D eigenvalue weighted by molar-refractivity contribution is 5.94. The van der Waals surface area contributed by atoms with E-state index in [0.717, 1.165) is 6.42 Å². The normalized spacial score (nSPS) is 23.3. The van der Waals surface area contributed by atoms with Crippen LogP contribution in [0.25, 0.3) is 0 Å². The van der Waals surface area contributed by atoms with Gasteiger partial charge in [0.25, 0.3) is 5.91 Å². The lowest BCUT2D eigenvalue weighted by Gasteiger charge is -2.12. The summed E-state index contributed by atoms with van der Waals surface area (Å²) in [6, 6.07) is 3.24. The molecule has 1 aromatic heterocycles. The fourth-order valence-electron chi connectivity index (χ4n) is 2.11. The third-order valence-corrected chi connectivity index (χ3v) is 3.06. The number of amides is 1. The molecule has 0 aromatic carbocycles. The van der Waals surface area contributed by atoms with Crippen LogP contribution in [0.15, 0.2) is 24.5 Å². The summed E-state index contributed by atoms with van der Waals surface area (Å²) in [4.78, 5) is 26.4. The van der Waals surface area contributed by atoms with Gasteiger partial charge in [-0.05, 0) is 31.4 Å². The Morgan fingerprint density at radius 3 is 2.59 bits per heavy atom. The van der Waals surface area contributed by atoms with E-state index in [9.17, 15) is 9.59 Å². The first-order valence-electron chi connectivity index (χ1n) is 5.60. The fraction of sp³-hybridized carbons (Fsp3) is 0.417. The molecule has 17 heavy (non-hydrogen) atoms. The maximum Gasteiger partial charge on any atom is 0.306 e. The fourth-order valence-corrected chi connectivity index (χ4v) is 2.11. The number of nitrogens with one attached hydrogen (secondary N) is 1. The summed E-state index contributed by atoms with van der Waals surface area (Å²) in [6.07, 6.45) is 5.00. The zero-order valence-electron chi connectivity index (χ0n) is 9.30.